The van der Waals surface area contributed by atoms with Crippen molar-refractivity contribution in [3.8, 4) is 5.75 Å². The maximum Gasteiger partial charge on any atom is 0.120 e. The molecule has 2 rings (SSSR count). The number of methoxy groups -OCH3 is 1. The van der Waals surface area contributed by atoms with Gasteiger partial charge in [0, 0.05) is 31.0 Å². The predicted octanol–water partition coefficient (Wildman–Crippen LogP) is 2.59. The second kappa shape index (κ2) is 5.21. The highest BCUT2D eigenvalue weighted by Gasteiger charge is 2.14. The highest BCUT2D eigenvalue weighted by Crippen LogP contribution is 2.24. The number of nitrogens with one attached hydrogen (secondary N) is 1. The standard InChI is InChI=1S/C13H19NO2/c1-10-3-4-12(15-2)9-13(10)14-11-5-7-16-8-6-11/h3-4,9,11,14H,5-8H2,1-2H3. The van der Waals surface area contributed by atoms with Gasteiger partial charge in [0.25, 0.3) is 0 Å². The SMILES string of the molecule is COc1ccc(C)c(NC2CCOCC2)c1. The molecule has 0 bridgehead atoms. The molecule has 0 aliphatic carbocycles. The fraction of sp³-hybridized carbons (Fsp3) is 0.538. The van der Waals surface area contributed by atoms with Crippen LogP contribution in [0.2, 0.25) is 0 Å². The minimum Gasteiger partial charge on any atom is -0.497 e. The van der Waals surface area contributed by atoms with Gasteiger partial charge in [0.15, 0.2) is 0 Å². The Hall–Kier alpha value is -1.22. The van der Waals surface area contributed by atoms with Crippen LogP contribution >= 0.6 is 0 Å². The number of anilines is 1. The van der Waals surface area contributed by atoms with Crippen molar-refractivity contribution < 1.29 is 9.47 Å². The lowest BCUT2D eigenvalue weighted by molar-refractivity contribution is 0.0904. The molecule has 3 nitrogen and oxygen atoms in total. The molecule has 1 heterocycles. The molecule has 1 N–H and O–H groups in total. The van der Waals surface area contributed by atoms with Crippen molar-refractivity contribution in [2.75, 3.05) is 25.6 Å². The summed E-state index contributed by atoms with van der Waals surface area (Å²) in [6.45, 7) is 3.84. The van der Waals surface area contributed by atoms with E-state index in [9.17, 15) is 0 Å². The zero-order chi connectivity index (χ0) is 11.4. The second-order valence-electron chi connectivity index (χ2n) is 4.21. The van der Waals surface area contributed by atoms with Crippen molar-refractivity contribution in [2.45, 2.75) is 25.8 Å². The third-order valence-corrected chi connectivity index (χ3v) is 3.03. The minimum atomic E-state index is 0.527. The van der Waals surface area contributed by atoms with Gasteiger partial charge in [-0.1, -0.05) is 6.07 Å². The predicted molar refractivity (Wildman–Crippen MR) is 65.2 cm³/mol. The summed E-state index contributed by atoms with van der Waals surface area (Å²) in [5.74, 6) is 0.903. The summed E-state index contributed by atoms with van der Waals surface area (Å²) in [5, 5.41) is 3.56. The summed E-state index contributed by atoms with van der Waals surface area (Å²) in [6, 6.07) is 6.66. The van der Waals surface area contributed by atoms with Gasteiger partial charge in [-0.15, -0.1) is 0 Å². The second-order valence-corrected chi connectivity index (χ2v) is 4.21. The Kier molecular flexibility index (Phi) is 3.67. The quantitative estimate of drug-likeness (QED) is 0.851. The van der Waals surface area contributed by atoms with Crippen molar-refractivity contribution in [3.63, 3.8) is 0 Å². The molecular weight excluding hydrogens is 202 g/mol. The summed E-state index contributed by atoms with van der Waals surface area (Å²) in [7, 11) is 1.70. The van der Waals surface area contributed by atoms with Crippen LogP contribution in [-0.2, 0) is 4.74 Å². The third-order valence-electron chi connectivity index (χ3n) is 3.03. The van der Waals surface area contributed by atoms with Crippen molar-refractivity contribution in [1.82, 2.24) is 0 Å². The average molecular weight is 221 g/mol. The molecule has 1 aromatic carbocycles. The van der Waals surface area contributed by atoms with Gasteiger partial charge < -0.3 is 14.8 Å². The van der Waals surface area contributed by atoms with E-state index in [1.54, 1.807) is 7.11 Å². The molecule has 0 unspecified atom stereocenters. The first-order valence-corrected chi connectivity index (χ1v) is 5.78. The zero-order valence-electron chi connectivity index (χ0n) is 9.95. The van der Waals surface area contributed by atoms with E-state index < -0.39 is 0 Å². The van der Waals surface area contributed by atoms with Crippen molar-refractivity contribution in [2.24, 2.45) is 0 Å². The summed E-state index contributed by atoms with van der Waals surface area (Å²) < 4.78 is 10.6. The normalized spacial score (nSPS) is 17.1. The van der Waals surface area contributed by atoms with Crippen LogP contribution in [0.15, 0.2) is 18.2 Å². The van der Waals surface area contributed by atoms with Crippen LogP contribution < -0.4 is 10.1 Å². The molecule has 1 aliphatic rings. The summed E-state index contributed by atoms with van der Waals surface area (Å²) in [4.78, 5) is 0. The van der Waals surface area contributed by atoms with Crippen molar-refractivity contribution >= 4 is 5.69 Å². The third kappa shape index (κ3) is 2.67. The first kappa shape index (κ1) is 11.3. The number of benzene rings is 1. The number of ether oxygens (including phenoxy) is 2. The Labute approximate surface area is 96.8 Å². The Morgan fingerprint density at radius 3 is 2.75 bits per heavy atom. The molecule has 0 saturated carbocycles. The van der Waals surface area contributed by atoms with Gasteiger partial charge in [-0.25, -0.2) is 0 Å². The van der Waals surface area contributed by atoms with E-state index in [1.165, 1.54) is 11.3 Å². The maximum absolute atomic E-state index is 5.35. The highest BCUT2D eigenvalue weighted by molar-refractivity contribution is 5.55. The van der Waals surface area contributed by atoms with Gasteiger partial charge in [-0.2, -0.15) is 0 Å². The van der Waals surface area contributed by atoms with E-state index in [1.807, 2.05) is 6.07 Å². The number of aryl methyl sites for hydroxylation is 1. The average Bonchev–Trinajstić information content (AvgIpc) is 2.33. The maximum atomic E-state index is 5.35. The molecule has 3 heteroatoms. The topological polar surface area (TPSA) is 30.5 Å². The molecule has 0 spiro atoms. The van der Waals surface area contributed by atoms with E-state index in [0.29, 0.717) is 6.04 Å². The largest absolute Gasteiger partial charge is 0.497 e. The van der Waals surface area contributed by atoms with Crippen LogP contribution in [0.3, 0.4) is 0 Å². The number of hydrogen-bond donors (Lipinski definition) is 1. The van der Waals surface area contributed by atoms with E-state index in [4.69, 9.17) is 9.47 Å². The molecule has 88 valence electrons. The number of rotatable bonds is 3. The molecule has 0 radical (unpaired) electrons. The Bertz CT molecular complexity index is 346. The Morgan fingerprint density at radius 1 is 1.31 bits per heavy atom. The molecule has 0 aromatic heterocycles. The summed E-state index contributed by atoms with van der Waals surface area (Å²) in [6.07, 6.45) is 2.16. The van der Waals surface area contributed by atoms with E-state index in [2.05, 4.69) is 24.4 Å². The molecule has 1 aromatic rings. The number of hydrogen-bond acceptors (Lipinski definition) is 3. The smallest absolute Gasteiger partial charge is 0.120 e. The van der Waals surface area contributed by atoms with Gasteiger partial charge >= 0.3 is 0 Å². The van der Waals surface area contributed by atoms with Crippen LogP contribution in [-0.4, -0.2) is 26.4 Å². The first-order valence-electron chi connectivity index (χ1n) is 5.78. The lowest BCUT2D eigenvalue weighted by Crippen LogP contribution is -2.28. The van der Waals surface area contributed by atoms with Crippen molar-refractivity contribution in [3.05, 3.63) is 23.8 Å². The van der Waals surface area contributed by atoms with Crippen LogP contribution in [0.5, 0.6) is 5.75 Å². The van der Waals surface area contributed by atoms with Gasteiger partial charge in [0.1, 0.15) is 5.75 Å². The molecule has 0 atom stereocenters. The van der Waals surface area contributed by atoms with Crippen LogP contribution in [0.25, 0.3) is 0 Å². The molecule has 0 amide bonds. The Morgan fingerprint density at radius 2 is 2.06 bits per heavy atom. The Balaban J connectivity index is 2.06. The van der Waals surface area contributed by atoms with Crippen LogP contribution in [0.4, 0.5) is 5.69 Å². The zero-order valence-corrected chi connectivity index (χ0v) is 9.95. The highest BCUT2D eigenvalue weighted by atomic mass is 16.5. The van der Waals surface area contributed by atoms with Crippen LogP contribution in [0.1, 0.15) is 18.4 Å². The summed E-state index contributed by atoms with van der Waals surface area (Å²) >= 11 is 0. The monoisotopic (exact) mass is 221 g/mol. The van der Waals surface area contributed by atoms with Gasteiger partial charge in [-0.3, -0.25) is 0 Å². The van der Waals surface area contributed by atoms with E-state index in [-0.39, 0.29) is 0 Å². The fourth-order valence-corrected chi connectivity index (χ4v) is 1.95. The first-order chi connectivity index (χ1) is 7.79. The molecular formula is C13H19NO2. The lowest BCUT2D eigenvalue weighted by Gasteiger charge is -2.25. The lowest BCUT2D eigenvalue weighted by atomic mass is 10.1. The fourth-order valence-electron chi connectivity index (χ4n) is 1.95. The molecule has 1 saturated heterocycles. The van der Waals surface area contributed by atoms with Gasteiger partial charge in [-0.05, 0) is 31.4 Å². The molecule has 1 aliphatic heterocycles. The molecule has 16 heavy (non-hydrogen) atoms. The van der Waals surface area contributed by atoms with E-state index >= 15 is 0 Å². The minimum absolute atomic E-state index is 0.527. The van der Waals surface area contributed by atoms with E-state index in [0.717, 1.165) is 31.8 Å². The summed E-state index contributed by atoms with van der Waals surface area (Å²) in [5.41, 5.74) is 2.43. The van der Waals surface area contributed by atoms with Gasteiger partial charge in [0.2, 0.25) is 0 Å². The van der Waals surface area contributed by atoms with Crippen LogP contribution in [0, 0.1) is 6.92 Å². The molecule has 1 fully saturated rings. The van der Waals surface area contributed by atoms with Gasteiger partial charge in [0.05, 0.1) is 7.11 Å². The van der Waals surface area contributed by atoms with Crippen molar-refractivity contribution in [1.29, 1.82) is 0 Å².